The first-order valence-corrected chi connectivity index (χ1v) is 10.9. The second-order valence-corrected chi connectivity index (χ2v) is 7.91. The molecule has 0 saturated carbocycles. The number of ketones is 1. The summed E-state index contributed by atoms with van der Waals surface area (Å²) in [4.78, 5) is 27.7. The number of amides is 1. The number of Topliss-reactive ketones (excluding diaryl/α,β-unsaturated/α-hetero) is 1. The molecule has 1 amide bonds. The smallest absolute Gasteiger partial charge is 0.295 e. The van der Waals surface area contributed by atoms with Crippen molar-refractivity contribution < 1.29 is 23.8 Å². The highest BCUT2D eigenvalue weighted by molar-refractivity contribution is 6.46. The molecule has 1 saturated heterocycles. The van der Waals surface area contributed by atoms with Gasteiger partial charge in [0.15, 0.2) is 0 Å². The van der Waals surface area contributed by atoms with E-state index >= 15 is 0 Å². The molecule has 0 aromatic heterocycles. The Bertz CT molecular complexity index is 1230. The average Bonchev–Trinajstić information content (AvgIpc) is 3.12. The highest BCUT2D eigenvalue weighted by Gasteiger charge is 2.45. The fraction of sp³-hybridized carbons (Fsp3) is 0.143. The topological polar surface area (TPSA) is 66.8 Å². The lowest BCUT2D eigenvalue weighted by molar-refractivity contribution is -0.139. The van der Waals surface area contributed by atoms with Crippen LogP contribution in [0.4, 0.5) is 4.39 Å². The first kappa shape index (κ1) is 23.0. The summed E-state index contributed by atoms with van der Waals surface area (Å²) in [6.07, 6.45) is 2.15. The summed E-state index contributed by atoms with van der Waals surface area (Å²) in [7, 11) is 0. The lowest BCUT2D eigenvalue weighted by atomic mass is 9.95. The molecule has 1 fully saturated rings. The van der Waals surface area contributed by atoms with Crippen molar-refractivity contribution in [2.75, 3.05) is 13.2 Å². The normalized spacial score (nSPS) is 17.1. The number of aliphatic hydroxyl groups excluding tert-OH is 1. The summed E-state index contributed by atoms with van der Waals surface area (Å²) in [5.74, 6) is -1.74. The number of aliphatic hydroxyl groups is 1. The quantitative estimate of drug-likeness (QED) is 0.222. The number of rotatable bonds is 8. The molecule has 172 valence electrons. The second-order valence-electron chi connectivity index (χ2n) is 7.91. The van der Waals surface area contributed by atoms with E-state index in [0.717, 1.165) is 5.56 Å². The maximum absolute atomic E-state index is 13.4. The van der Waals surface area contributed by atoms with Crippen LogP contribution in [0.1, 0.15) is 22.7 Å². The largest absolute Gasteiger partial charge is 0.507 e. The predicted molar refractivity (Wildman–Crippen MR) is 128 cm³/mol. The molecule has 1 unspecified atom stereocenters. The van der Waals surface area contributed by atoms with E-state index in [-0.39, 0.29) is 23.4 Å². The van der Waals surface area contributed by atoms with Gasteiger partial charge in [-0.15, -0.1) is 0 Å². The molecule has 3 aromatic rings. The Morgan fingerprint density at radius 2 is 1.76 bits per heavy atom. The van der Waals surface area contributed by atoms with E-state index in [4.69, 9.17) is 4.74 Å². The highest BCUT2D eigenvalue weighted by Crippen LogP contribution is 2.40. The second kappa shape index (κ2) is 10.2. The van der Waals surface area contributed by atoms with Gasteiger partial charge in [-0.3, -0.25) is 9.59 Å². The van der Waals surface area contributed by atoms with Crippen LogP contribution in [-0.2, 0) is 16.0 Å². The van der Waals surface area contributed by atoms with E-state index in [1.54, 1.807) is 30.3 Å². The maximum atomic E-state index is 13.4. The minimum atomic E-state index is -0.818. The van der Waals surface area contributed by atoms with Gasteiger partial charge in [0.05, 0.1) is 11.6 Å². The zero-order chi connectivity index (χ0) is 24.1. The van der Waals surface area contributed by atoms with Crippen molar-refractivity contribution >= 4 is 17.4 Å². The van der Waals surface area contributed by atoms with Gasteiger partial charge in [-0.1, -0.05) is 55.1 Å². The zero-order valence-corrected chi connectivity index (χ0v) is 18.5. The van der Waals surface area contributed by atoms with Crippen molar-refractivity contribution in [2.24, 2.45) is 0 Å². The van der Waals surface area contributed by atoms with Crippen molar-refractivity contribution in [3.8, 4) is 5.75 Å². The van der Waals surface area contributed by atoms with Gasteiger partial charge in [0.25, 0.3) is 11.7 Å². The van der Waals surface area contributed by atoms with Crippen LogP contribution in [0.3, 0.4) is 0 Å². The lowest BCUT2D eigenvalue weighted by Crippen LogP contribution is -2.31. The number of hydrogen-bond acceptors (Lipinski definition) is 4. The Hall–Kier alpha value is -4.19. The minimum absolute atomic E-state index is 0.0365. The predicted octanol–water partition coefficient (Wildman–Crippen LogP) is 5.05. The lowest BCUT2D eigenvalue weighted by Gasteiger charge is -2.25. The third-order valence-electron chi connectivity index (χ3n) is 5.68. The standard InChI is InChI=1S/C28H24FNO4/c1-2-17-34-23-10-6-9-21(18-23)25-24(26(31)20-11-13-22(29)14-12-20)27(32)28(33)30(25)16-15-19-7-4-3-5-8-19/h2-14,18,25,31H,1,15-17H2. The first-order chi connectivity index (χ1) is 16.5. The molecule has 4 rings (SSSR count). The molecule has 0 radical (unpaired) electrons. The summed E-state index contributed by atoms with van der Waals surface area (Å²) in [5.41, 5.74) is 1.86. The number of carbonyl (C=O) groups is 2. The van der Waals surface area contributed by atoms with E-state index in [9.17, 15) is 19.1 Å². The number of halogens is 1. The number of ether oxygens (including phenoxy) is 1. The highest BCUT2D eigenvalue weighted by atomic mass is 19.1. The van der Waals surface area contributed by atoms with E-state index in [2.05, 4.69) is 6.58 Å². The maximum Gasteiger partial charge on any atom is 0.295 e. The average molecular weight is 458 g/mol. The van der Waals surface area contributed by atoms with Gasteiger partial charge in [0, 0.05) is 12.1 Å². The molecule has 1 N–H and O–H groups in total. The first-order valence-electron chi connectivity index (χ1n) is 10.9. The molecular formula is C28H24FNO4. The Labute approximate surface area is 197 Å². The van der Waals surface area contributed by atoms with Gasteiger partial charge in [0.1, 0.15) is 23.9 Å². The van der Waals surface area contributed by atoms with E-state index in [0.29, 0.717) is 24.3 Å². The van der Waals surface area contributed by atoms with Crippen molar-refractivity contribution in [3.05, 3.63) is 120 Å². The number of likely N-dealkylation sites (tertiary alicyclic amines) is 1. The van der Waals surface area contributed by atoms with Gasteiger partial charge >= 0.3 is 0 Å². The summed E-state index contributed by atoms with van der Waals surface area (Å²) >= 11 is 0. The molecule has 1 atom stereocenters. The van der Waals surface area contributed by atoms with Gasteiger partial charge in [-0.25, -0.2) is 4.39 Å². The zero-order valence-electron chi connectivity index (χ0n) is 18.5. The Morgan fingerprint density at radius 1 is 1.03 bits per heavy atom. The molecule has 3 aromatic carbocycles. The van der Waals surface area contributed by atoms with Crippen molar-refractivity contribution in [1.29, 1.82) is 0 Å². The van der Waals surface area contributed by atoms with Gasteiger partial charge in [-0.2, -0.15) is 0 Å². The molecule has 0 aliphatic carbocycles. The summed E-state index contributed by atoms with van der Waals surface area (Å²) in [6.45, 7) is 4.22. The monoisotopic (exact) mass is 457 g/mol. The molecule has 34 heavy (non-hydrogen) atoms. The fourth-order valence-corrected chi connectivity index (χ4v) is 4.04. The van der Waals surface area contributed by atoms with Crippen LogP contribution in [0.5, 0.6) is 5.75 Å². The molecule has 0 spiro atoms. The number of nitrogens with zero attached hydrogens (tertiary/aromatic N) is 1. The minimum Gasteiger partial charge on any atom is -0.507 e. The molecular weight excluding hydrogens is 433 g/mol. The van der Waals surface area contributed by atoms with E-state index < -0.39 is 23.5 Å². The van der Waals surface area contributed by atoms with Crippen molar-refractivity contribution in [2.45, 2.75) is 12.5 Å². The van der Waals surface area contributed by atoms with Crippen LogP contribution in [-0.4, -0.2) is 34.8 Å². The summed E-state index contributed by atoms with van der Waals surface area (Å²) in [5, 5.41) is 11.1. The van der Waals surface area contributed by atoms with Crippen LogP contribution in [0.2, 0.25) is 0 Å². The van der Waals surface area contributed by atoms with E-state index in [1.807, 2.05) is 30.3 Å². The number of hydrogen-bond donors (Lipinski definition) is 1. The molecule has 1 aliphatic heterocycles. The van der Waals surface area contributed by atoms with Crippen LogP contribution in [0.25, 0.3) is 5.76 Å². The number of benzene rings is 3. The third-order valence-corrected chi connectivity index (χ3v) is 5.68. The fourth-order valence-electron chi connectivity index (χ4n) is 4.04. The summed E-state index contributed by atoms with van der Waals surface area (Å²) < 4.78 is 19.1. The number of carbonyl (C=O) groups excluding carboxylic acids is 2. The van der Waals surface area contributed by atoms with Crippen LogP contribution < -0.4 is 4.74 Å². The molecule has 5 nitrogen and oxygen atoms in total. The van der Waals surface area contributed by atoms with Gasteiger partial charge in [0.2, 0.25) is 0 Å². The SMILES string of the molecule is C=CCOc1cccc(C2C(=C(O)c3ccc(F)cc3)C(=O)C(=O)N2CCc2ccccc2)c1. The van der Waals surface area contributed by atoms with Crippen molar-refractivity contribution in [1.82, 2.24) is 4.90 Å². The van der Waals surface area contributed by atoms with Gasteiger partial charge in [-0.05, 0) is 53.9 Å². The van der Waals surface area contributed by atoms with Crippen LogP contribution in [0, 0.1) is 5.82 Å². The molecule has 1 heterocycles. The Morgan fingerprint density at radius 3 is 2.47 bits per heavy atom. The van der Waals surface area contributed by atoms with E-state index in [1.165, 1.54) is 29.2 Å². The molecule has 6 heteroatoms. The van der Waals surface area contributed by atoms with Crippen LogP contribution in [0.15, 0.2) is 97.1 Å². The van der Waals surface area contributed by atoms with Gasteiger partial charge < -0.3 is 14.7 Å². The Kier molecular flexibility index (Phi) is 6.87. The Balaban J connectivity index is 1.78. The third kappa shape index (κ3) is 4.76. The van der Waals surface area contributed by atoms with Crippen molar-refractivity contribution in [3.63, 3.8) is 0 Å². The summed E-state index contributed by atoms with van der Waals surface area (Å²) in [6, 6.07) is 21.0. The van der Waals surface area contributed by atoms with Crippen LogP contribution >= 0.6 is 0 Å². The molecule has 0 bridgehead atoms. The molecule has 1 aliphatic rings.